The normalized spacial score (nSPS) is 22.6. The molecule has 1 aliphatic heterocycles. The third-order valence-electron chi connectivity index (χ3n) is 2.76. The number of rotatable bonds is 3. The number of likely N-dealkylation sites (N-methyl/N-ethyl adjacent to an activating group) is 1. The first-order valence-electron chi connectivity index (χ1n) is 5.36. The van der Waals surface area contributed by atoms with Crippen LogP contribution < -0.4 is 5.32 Å². The van der Waals surface area contributed by atoms with Crippen LogP contribution in [0.1, 0.15) is 12.2 Å². The van der Waals surface area contributed by atoms with Crippen LogP contribution in [-0.2, 0) is 11.3 Å². The molecule has 6 heteroatoms. The predicted octanol–water partition coefficient (Wildman–Crippen LogP) is 1.24. The van der Waals surface area contributed by atoms with E-state index in [1.807, 2.05) is 0 Å². The molecule has 1 atom stereocenters. The number of hydrogen-bond acceptors (Lipinski definition) is 3. The maximum atomic E-state index is 12.9. The topological polar surface area (TPSA) is 45.5 Å². The summed E-state index contributed by atoms with van der Waals surface area (Å²) in [7, 11) is 1.57. The Balaban J connectivity index is 1.92. The number of amides is 1. The standard InChI is InChI=1S/C11H14F2N2O2/c1-15(6-8-3-2-4-17-8)10(16)9-5-11(12,13)7-14-9/h2-4,9,14H,5-7H2,1H3. The second-order valence-corrected chi connectivity index (χ2v) is 4.27. The minimum absolute atomic E-state index is 0.287. The number of carbonyl (C=O) groups is 1. The van der Waals surface area contributed by atoms with E-state index >= 15 is 0 Å². The number of hydrogen-bond donors (Lipinski definition) is 1. The lowest BCUT2D eigenvalue weighted by atomic mass is 10.1. The van der Waals surface area contributed by atoms with Crippen LogP contribution >= 0.6 is 0 Å². The Hall–Kier alpha value is -1.43. The van der Waals surface area contributed by atoms with Crippen molar-refractivity contribution in [3.8, 4) is 0 Å². The van der Waals surface area contributed by atoms with Crippen LogP contribution in [0.2, 0.25) is 0 Å². The van der Waals surface area contributed by atoms with E-state index in [4.69, 9.17) is 4.42 Å². The lowest BCUT2D eigenvalue weighted by Gasteiger charge is -2.19. The molecule has 0 bridgehead atoms. The van der Waals surface area contributed by atoms with E-state index in [-0.39, 0.29) is 12.5 Å². The van der Waals surface area contributed by atoms with Crippen molar-refractivity contribution >= 4 is 5.91 Å². The van der Waals surface area contributed by atoms with Crippen molar-refractivity contribution in [1.82, 2.24) is 10.2 Å². The first kappa shape index (κ1) is 12.0. The van der Waals surface area contributed by atoms with Crippen LogP contribution in [0.4, 0.5) is 8.78 Å². The van der Waals surface area contributed by atoms with Crippen LogP contribution in [0.5, 0.6) is 0 Å². The first-order valence-corrected chi connectivity index (χ1v) is 5.36. The van der Waals surface area contributed by atoms with Gasteiger partial charge in [-0.1, -0.05) is 0 Å². The Morgan fingerprint density at radius 2 is 2.47 bits per heavy atom. The number of furan rings is 1. The Bertz CT molecular complexity index is 392. The molecule has 1 saturated heterocycles. The summed E-state index contributed by atoms with van der Waals surface area (Å²) in [5.41, 5.74) is 0. The van der Waals surface area contributed by atoms with Crippen LogP contribution in [0, 0.1) is 0 Å². The molecule has 0 spiro atoms. The molecule has 2 rings (SSSR count). The van der Waals surface area contributed by atoms with Crippen LogP contribution in [0.25, 0.3) is 0 Å². The molecule has 0 saturated carbocycles. The summed E-state index contributed by atoms with van der Waals surface area (Å²) < 4.78 is 31.0. The Morgan fingerprint density at radius 3 is 3.00 bits per heavy atom. The summed E-state index contributed by atoms with van der Waals surface area (Å²) in [6.07, 6.45) is 1.07. The lowest BCUT2D eigenvalue weighted by Crippen LogP contribution is -2.41. The minimum atomic E-state index is -2.79. The zero-order chi connectivity index (χ0) is 12.5. The van der Waals surface area contributed by atoms with Crippen molar-refractivity contribution in [3.05, 3.63) is 24.2 Å². The first-order chi connectivity index (χ1) is 7.98. The Kier molecular flexibility index (Phi) is 3.15. The van der Waals surface area contributed by atoms with Crippen LogP contribution in [-0.4, -0.2) is 36.4 Å². The molecule has 1 aromatic heterocycles. The molecule has 1 N–H and O–H groups in total. The SMILES string of the molecule is CN(Cc1ccco1)C(=O)C1CC(F)(F)CN1. The van der Waals surface area contributed by atoms with Gasteiger partial charge in [0.05, 0.1) is 25.4 Å². The largest absolute Gasteiger partial charge is 0.467 e. The third kappa shape index (κ3) is 2.82. The molecular weight excluding hydrogens is 230 g/mol. The highest BCUT2D eigenvalue weighted by Crippen LogP contribution is 2.26. The number of nitrogens with one attached hydrogen (secondary N) is 1. The number of nitrogens with zero attached hydrogens (tertiary/aromatic N) is 1. The molecule has 1 unspecified atom stereocenters. The van der Waals surface area contributed by atoms with Gasteiger partial charge in [-0.15, -0.1) is 0 Å². The highest BCUT2D eigenvalue weighted by atomic mass is 19.3. The van der Waals surface area contributed by atoms with Gasteiger partial charge in [0.25, 0.3) is 5.92 Å². The fraction of sp³-hybridized carbons (Fsp3) is 0.545. The van der Waals surface area contributed by atoms with Crippen molar-refractivity contribution in [2.24, 2.45) is 0 Å². The van der Waals surface area contributed by atoms with Gasteiger partial charge in [-0.05, 0) is 12.1 Å². The van der Waals surface area contributed by atoms with E-state index in [1.54, 1.807) is 19.2 Å². The monoisotopic (exact) mass is 244 g/mol. The molecule has 0 radical (unpaired) electrons. The Labute approximate surface area is 97.6 Å². The fourth-order valence-electron chi connectivity index (χ4n) is 1.87. The highest BCUT2D eigenvalue weighted by molar-refractivity contribution is 5.82. The van der Waals surface area contributed by atoms with Crippen molar-refractivity contribution < 1.29 is 18.0 Å². The molecule has 94 valence electrons. The van der Waals surface area contributed by atoms with Gasteiger partial charge in [0.15, 0.2) is 0 Å². The van der Waals surface area contributed by atoms with Crippen molar-refractivity contribution in [2.45, 2.75) is 24.9 Å². The van der Waals surface area contributed by atoms with E-state index in [1.165, 1.54) is 11.2 Å². The minimum Gasteiger partial charge on any atom is -0.467 e. The smallest absolute Gasteiger partial charge is 0.262 e. The molecule has 0 aromatic carbocycles. The molecule has 2 heterocycles. The quantitative estimate of drug-likeness (QED) is 0.870. The average molecular weight is 244 g/mol. The van der Waals surface area contributed by atoms with Crippen LogP contribution in [0.15, 0.2) is 22.8 Å². The van der Waals surface area contributed by atoms with Gasteiger partial charge in [0.2, 0.25) is 5.91 Å². The zero-order valence-corrected chi connectivity index (χ0v) is 9.45. The van der Waals surface area contributed by atoms with E-state index in [0.717, 1.165) is 0 Å². The van der Waals surface area contributed by atoms with Gasteiger partial charge in [-0.3, -0.25) is 10.1 Å². The van der Waals surface area contributed by atoms with E-state index in [2.05, 4.69) is 5.32 Å². The predicted molar refractivity (Wildman–Crippen MR) is 56.5 cm³/mol. The molecule has 1 fully saturated rings. The molecule has 4 nitrogen and oxygen atoms in total. The maximum absolute atomic E-state index is 12.9. The summed E-state index contributed by atoms with van der Waals surface area (Å²) in [5.74, 6) is -2.49. The van der Waals surface area contributed by atoms with Crippen molar-refractivity contribution in [2.75, 3.05) is 13.6 Å². The summed E-state index contributed by atoms with van der Waals surface area (Å²) in [6.45, 7) is -0.145. The van der Waals surface area contributed by atoms with Gasteiger partial charge >= 0.3 is 0 Å². The summed E-state index contributed by atoms with van der Waals surface area (Å²) in [6, 6.07) is 2.65. The van der Waals surface area contributed by atoms with Gasteiger partial charge in [-0.25, -0.2) is 8.78 Å². The van der Waals surface area contributed by atoms with E-state index in [9.17, 15) is 13.6 Å². The molecule has 1 amide bonds. The molecule has 17 heavy (non-hydrogen) atoms. The number of alkyl halides is 2. The van der Waals surface area contributed by atoms with Gasteiger partial charge in [-0.2, -0.15) is 0 Å². The number of halogens is 2. The van der Waals surface area contributed by atoms with Gasteiger partial charge in [0, 0.05) is 13.5 Å². The zero-order valence-electron chi connectivity index (χ0n) is 9.45. The molecule has 0 aliphatic carbocycles. The summed E-state index contributed by atoms with van der Waals surface area (Å²) in [4.78, 5) is 13.2. The van der Waals surface area contributed by atoms with Crippen molar-refractivity contribution in [1.29, 1.82) is 0 Å². The van der Waals surface area contributed by atoms with Gasteiger partial charge < -0.3 is 9.32 Å². The fourth-order valence-corrected chi connectivity index (χ4v) is 1.87. The summed E-state index contributed by atoms with van der Waals surface area (Å²) in [5, 5.41) is 2.54. The summed E-state index contributed by atoms with van der Waals surface area (Å²) >= 11 is 0. The average Bonchev–Trinajstić information content (AvgIpc) is 2.86. The molecule has 1 aromatic rings. The third-order valence-corrected chi connectivity index (χ3v) is 2.76. The molecule has 1 aliphatic rings. The van der Waals surface area contributed by atoms with Crippen LogP contribution in [0.3, 0.4) is 0 Å². The molecular formula is C11H14F2N2O2. The second kappa shape index (κ2) is 4.44. The highest BCUT2D eigenvalue weighted by Gasteiger charge is 2.43. The van der Waals surface area contributed by atoms with Crippen molar-refractivity contribution in [3.63, 3.8) is 0 Å². The van der Waals surface area contributed by atoms with E-state index < -0.39 is 24.9 Å². The van der Waals surface area contributed by atoms with Gasteiger partial charge in [0.1, 0.15) is 5.76 Å². The second-order valence-electron chi connectivity index (χ2n) is 4.27. The Morgan fingerprint density at radius 1 is 1.71 bits per heavy atom. The number of carbonyl (C=O) groups excluding carboxylic acids is 1. The van der Waals surface area contributed by atoms with E-state index in [0.29, 0.717) is 5.76 Å². The lowest BCUT2D eigenvalue weighted by molar-refractivity contribution is -0.133. The maximum Gasteiger partial charge on any atom is 0.262 e.